The van der Waals surface area contributed by atoms with E-state index in [-0.39, 0.29) is 5.91 Å². The van der Waals surface area contributed by atoms with Crippen molar-refractivity contribution in [2.45, 2.75) is 19.0 Å². The Bertz CT molecular complexity index is 1060. The van der Waals surface area contributed by atoms with Crippen molar-refractivity contribution >= 4 is 28.4 Å². The molecule has 142 valence electrons. The lowest BCUT2D eigenvalue weighted by molar-refractivity contribution is -0.124. The number of nitrogens with one attached hydrogen (secondary N) is 1. The summed E-state index contributed by atoms with van der Waals surface area (Å²) in [4.78, 5) is 12.8. The highest BCUT2D eigenvalue weighted by Crippen LogP contribution is 2.20. The van der Waals surface area contributed by atoms with Crippen LogP contribution in [0.1, 0.15) is 11.6 Å². The molecule has 1 N–H and O–H groups in total. The van der Waals surface area contributed by atoms with E-state index in [4.69, 9.17) is 11.6 Å². The van der Waals surface area contributed by atoms with Crippen molar-refractivity contribution in [2.75, 3.05) is 6.54 Å². The maximum absolute atomic E-state index is 12.8. The number of carbonyl (C=O) groups is 1. The van der Waals surface area contributed by atoms with Crippen LogP contribution < -0.4 is 5.32 Å². The minimum Gasteiger partial charge on any atom is -0.352 e. The molecule has 8 heteroatoms. The van der Waals surface area contributed by atoms with Gasteiger partial charge in [0, 0.05) is 36.2 Å². The molecular weight excluding hydrogens is 376 g/mol. The van der Waals surface area contributed by atoms with Crippen molar-refractivity contribution in [1.82, 2.24) is 30.1 Å². The molecule has 28 heavy (non-hydrogen) atoms. The van der Waals surface area contributed by atoms with Gasteiger partial charge in [-0.05, 0) is 39.6 Å². The molecule has 7 nitrogen and oxygen atoms in total. The highest BCUT2D eigenvalue weighted by Gasteiger charge is 2.22. The third-order valence-corrected chi connectivity index (χ3v) is 4.88. The fourth-order valence-electron chi connectivity index (χ4n) is 3.22. The van der Waals surface area contributed by atoms with Gasteiger partial charge >= 0.3 is 0 Å². The Morgan fingerprint density at radius 1 is 1.14 bits per heavy atom. The Kier molecular flexibility index (Phi) is 5.34. The van der Waals surface area contributed by atoms with E-state index < -0.39 is 6.04 Å². The number of carbonyl (C=O) groups excluding carboxylic acids is 1. The Balaban J connectivity index is 1.43. The van der Waals surface area contributed by atoms with Crippen molar-refractivity contribution in [3.05, 3.63) is 77.7 Å². The number of nitrogens with zero attached hydrogens (tertiary/aromatic N) is 5. The van der Waals surface area contributed by atoms with Crippen LogP contribution in [0.25, 0.3) is 10.9 Å². The van der Waals surface area contributed by atoms with E-state index >= 15 is 0 Å². The Hall–Kier alpha value is -3.19. The van der Waals surface area contributed by atoms with Crippen LogP contribution in [0.3, 0.4) is 0 Å². The molecule has 0 aliphatic heterocycles. The van der Waals surface area contributed by atoms with Gasteiger partial charge in [-0.1, -0.05) is 48.0 Å². The Morgan fingerprint density at radius 2 is 2.00 bits per heavy atom. The standard InChI is InChI=1S/C20H19ClN6O/c21-17-7-6-16-8-10-26(18(16)13-17)11-9-22-20(28)19(27-14-23-24-25-27)12-15-4-2-1-3-5-15/h1-8,10,13-14,19H,9,11-12H2,(H,22,28)/t19-/m0/s1. The van der Waals surface area contributed by atoms with Crippen LogP contribution in [0.4, 0.5) is 0 Å². The lowest BCUT2D eigenvalue weighted by Crippen LogP contribution is -2.36. The largest absolute Gasteiger partial charge is 0.352 e. The smallest absolute Gasteiger partial charge is 0.245 e. The van der Waals surface area contributed by atoms with Crippen LogP contribution >= 0.6 is 11.6 Å². The van der Waals surface area contributed by atoms with Gasteiger partial charge in [0.25, 0.3) is 0 Å². The molecule has 0 saturated carbocycles. The fourth-order valence-corrected chi connectivity index (χ4v) is 3.39. The number of benzene rings is 2. The van der Waals surface area contributed by atoms with Crippen LogP contribution in [0.5, 0.6) is 0 Å². The summed E-state index contributed by atoms with van der Waals surface area (Å²) in [5, 5.41) is 16.1. The van der Waals surface area contributed by atoms with Crippen molar-refractivity contribution in [3.63, 3.8) is 0 Å². The predicted molar refractivity (Wildman–Crippen MR) is 107 cm³/mol. The number of tetrazole rings is 1. The molecule has 1 amide bonds. The third kappa shape index (κ3) is 4.04. The number of halogens is 1. The summed E-state index contributed by atoms with van der Waals surface area (Å²) in [6, 6.07) is 17.1. The van der Waals surface area contributed by atoms with Gasteiger partial charge in [0.15, 0.2) is 0 Å². The molecule has 4 aromatic rings. The maximum atomic E-state index is 12.8. The molecule has 0 aliphatic carbocycles. The summed E-state index contributed by atoms with van der Waals surface area (Å²) in [6.07, 6.45) is 3.98. The zero-order valence-electron chi connectivity index (χ0n) is 15.1. The number of amides is 1. The average Bonchev–Trinajstić information content (AvgIpc) is 3.37. The van der Waals surface area contributed by atoms with Crippen molar-refractivity contribution in [2.24, 2.45) is 0 Å². The molecule has 2 aromatic heterocycles. The van der Waals surface area contributed by atoms with Gasteiger partial charge < -0.3 is 9.88 Å². The second-order valence-electron chi connectivity index (χ2n) is 6.50. The number of hydrogen-bond acceptors (Lipinski definition) is 4. The highest BCUT2D eigenvalue weighted by molar-refractivity contribution is 6.31. The van der Waals surface area contributed by atoms with Crippen LogP contribution in [-0.2, 0) is 17.8 Å². The molecule has 0 aliphatic rings. The van der Waals surface area contributed by atoms with Gasteiger partial charge in [-0.3, -0.25) is 4.79 Å². The Morgan fingerprint density at radius 3 is 2.79 bits per heavy atom. The molecule has 0 spiro atoms. The molecule has 0 unspecified atom stereocenters. The first-order valence-electron chi connectivity index (χ1n) is 8.99. The van der Waals surface area contributed by atoms with Gasteiger partial charge in [0.1, 0.15) is 12.4 Å². The maximum Gasteiger partial charge on any atom is 0.245 e. The fraction of sp³-hybridized carbons (Fsp3) is 0.200. The molecule has 0 saturated heterocycles. The summed E-state index contributed by atoms with van der Waals surface area (Å²) in [7, 11) is 0. The first-order valence-corrected chi connectivity index (χ1v) is 9.37. The first-order chi connectivity index (χ1) is 13.7. The summed E-state index contributed by atoms with van der Waals surface area (Å²) >= 11 is 6.10. The zero-order valence-corrected chi connectivity index (χ0v) is 15.8. The third-order valence-electron chi connectivity index (χ3n) is 4.65. The predicted octanol–water partition coefficient (Wildman–Crippen LogP) is 2.88. The van der Waals surface area contributed by atoms with E-state index in [0.29, 0.717) is 24.5 Å². The second kappa shape index (κ2) is 8.22. The van der Waals surface area contributed by atoms with Gasteiger partial charge in [0.2, 0.25) is 5.91 Å². The monoisotopic (exact) mass is 394 g/mol. The average molecular weight is 395 g/mol. The van der Waals surface area contributed by atoms with E-state index in [9.17, 15) is 4.79 Å². The van der Waals surface area contributed by atoms with Crippen LogP contribution in [-0.4, -0.2) is 37.2 Å². The molecule has 0 fully saturated rings. The van der Waals surface area contributed by atoms with Crippen molar-refractivity contribution in [1.29, 1.82) is 0 Å². The molecular formula is C20H19ClN6O. The van der Waals surface area contributed by atoms with Crippen molar-refractivity contribution < 1.29 is 4.79 Å². The van der Waals surface area contributed by atoms with E-state index in [1.165, 1.54) is 11.0 Å². The normalized spacial score (nSPS) is 12.2. The summed E-state index contributed by atoms with van der Waals surface area (Å²) in [5.41, 5.74) is 2.09. The van der Waals surface area contributed by atoms with Gasteiger partial charge in [0.05, 0.1) is 0 Å². The Labute approximate surface area is 166 Å². The van der Waals surface area contributed by atoms with Crippen LogP contribution in [0.15, 0.2) is 67.1 Å². The SMILES string of the molecule is O=C(NCCn1ccc2ccc(Cl)cc21)[C@H](Cc1ccccc1)n1cnnn1. The van der Waals surface area contributed by atoms with E-state index in [2.05, 4.69) is 25.4 Å². The molecule has 1 atom stereocenters. The quantitative estimate of drug-likeness (QED) is 0.523. The molecule has 4 rings (SSSR count). The van der Waals surface area contributed by atoms with Crippen LogP contribution in [0.2, 0.25) is 5.02 Å². The number of fused-ring (bicyclic) bond motifs is 1. The minimum atomic E-state index is -0.506. The molecule has 2 heterocycles. The van der Waals surface area contributed by atoms with E-state index in [1.54, 1.807) is 0 Å². The number of aromatic nitrogens is 5. The van der Waals surface area contributed by atoms with Crippen molar-refractivity contribution in [3.8, 4) is 0 Å². The zero-order chi connectivity index (χ0) is 19.3. The molecule has 0 bridgehead atoms. The molecule has 2 aromatic carbocycles. The second-order valence-corrected chi connectivity index (χ2v) is 6.94. The van der Waals surface area contributed by atoms with Gasteiger partial charge in [-0.2, -0.15) is 0 Å². The summed E-state index contributed by atoms with van der Waals surface area (Å²) < 4.78 is 3.57. The number of rotatable bonds is 7. The van der Waals surface area contributed by atoms with Crippen LogP contribution in [0, 0.1) is 0 Å². The number of hydrogen-bond donors (Lipinski definition) is 1. The summed E-state index contributed by atoms with van der Waals surface area (Å²) in [6.45, 7) is 1.13. The van der Waals surface area contributed by atoms with Gasteiger partial charge in [-0.25, -0.2) is 4.68 Å². The first kappa shape index (κ1) is 18.2. The topological polar surface area (TPSA) is 77.6 Å². The van der Waals surface area contributed by atoms with E-state index in [1.807, 2.05) is 60.8 Å². The molecule has 0 radical (unpaired) electrons. The lowest BCUT2D eigenvalue weighted by Gasteiger charge is -2.17. The van der Waals surface area contributed by atoms with Gasteiger partial charge in [-0.15, -0.1) is 5.10 Å². The highest BCUT2D eigenvalue weighted by atomic mass is 35.5. The van der Waals surface area contributed by atoms with E-state index in [0.717, 1.165) is 16.5 Å². The summed E-state index contributed by atoms with van der Waals surface area (Å²) in [5.74, 6) is -0.120. The minimum absolute atomic E-state index is 0.120. The lowest BCUT2D eigenvalue weighted by atomic mass is 10.1.